The van der Waals surface area contributed by atoms with Gasteiger partial charge in [0.15, 0.2) is 6.10 Å². The van der Waals surface area contributed by atoms with Crippen molar-refractivity contribution >= 4 is 17.9 Å². The molecule has 0 saturated heterocycles. The van der Waals surface area contributed by atoms with Crippen LogP contribution in [0.2, 0.25) is 0 Å². The highest BCUT2D eigenvalue weighted by atomic mass is 16.6. The molecule has 0 aliphatic rings. The molecule has 0 heterocycles. The third-order valence-electron chi connectivity index (χ3n) is 17.5. The van der Waals surface area contributed by atoms with Crippen LogP contribution in [-0.4, -0.2) is 37.2 Å². The number of esters is 3. The number of rotatable bonds is 71. The molecule has 0 aliphatic heterocycles. The van der Waals surface area contributed by atoms with Crippen LogP contribution in [0.1, 0.15) is 432 Å². The lowest BCUT2D eigenvalue weighted by Gasteiger charge is -2.18. The van der Waals surface area contributed by atoms with Crippen molar-refractivity contribution in [2.75, 3.05) is 13.2 Å². The van der Waals surface area contributed by atoms with Crippen molar-refractivity contribution in [2.45, 2.75) is 438 Å². The number of hydrogen-bond donors (Lipinski definition) is 0. The van der Waals surface area contributed by atoms with E-state index in [1.165, 1.54) is 327 Å². The molecule has 0 aromatic carbocycles. The molecule has 0 saturated carbocycles. The maximum atomic E-state index is 13.0. The normalized spacial score (nSPS) is 12.1. The molecule has 1 unspecified atom stereocenters. The van der Waals surface area contributed by atoms with Gasteiger partial charge in [-0.25, -0.2) is 0 Å². The fourth-order valence-electron chi connectivity index (χ4n) is 11.8. The first-order valence-corrected chi connectivity index (χ1v) is 37.8. The fraction of sp³-hybridized carbons (Fsp3) is 0.909. The van der Waals surface area contributed by atoms with Crippen molar-refractivity contribution in [3.8, 4) is 0 Å². The molecule has 0 amide bonds. The number of allylic oxidation sites excluding steroid dienone is 4. The van der Waals surface area contributed by atoms with Crippen molar-refractivity contribution in [1.82, 2.24) is 0 Å². The summed E-state index contributed by atoms with van der Waals surface area (Å²) >= 11 is 0. The Labute approximate surface area is 519 Å². The number of ether oxygens (including phenoxy) is 3. The summed E-state index contributed by atoms with van der Waals surface area (Å²) in [6.45, 7) is 6.73. The first-order chi connectivity index (χ1) is 41.0. The lowest BCUT2D eigenvalue weighted by molar-refractivity contribution is -0.167. The van der Waals surface area contributed by atoms with Crippen molar-refractivity contribution in [2.24, 2.45) is 0 Å². The largest absolute Gasteiger partial charge is 0.462 e. The number of carbonyl (C=O) groups excluding carboxylic acids is 3. The molecule has 6 nitrogen and oxygen atoms in total. The van der Waals surface area contributed by atoms with Crippen molar-refractivity contribution < 1.29 is 28.6 Å². The highest BCUT2D eigenvalue weighted by molar-refractivity contribution is 5.71. The Morgan fingerprint density at radius 3 is 0.663 bits per heavy atom. The van der Waals surface area contributed by atoms with Gasteiger partial charge in [0.2, 0.25) is 0 Å². The highest BCUT2D eigenvalue weighted by Gasteiger charge is 2.20. The van der Waals surface area contributed by atoms with Gasteiger partial charge in [0.25, 0.3) is 0 Å². The zero-order valence-corrected chi connectivity index (χ0v) is 56.5. The number of unbranched alkanes of at least 4 members (excludes halogenated alkanes) is 56. The van der Waals surface area contributed by atoms with E-state index in [0.717, 1.165) is 64.2 Å². The van der Waals surface area contributed by atoms with Crippen molar-refractivity contribution in [1.29, 1.82) is 0 Å². The van der Waals surface area contributed by atoms with Gasteiger partial charge in [0.1, 0.15) is 13.2 Å². The third-order valence-corrected chi connectivity index (χ3v) is 17.5. The molecule has 0 N–H and O–H groups in total. The van der Waals surface area contributed by atoms with E-state index >= 15 is 0 Å². The monoisotopic (exact) mass is 1170 g/mol. The van der Waals surface area contributed by atoms with Crippen LogP contribution in [0.5, 0.6) is 0 Å². The molecule has 0 bridgehead atoms. The SMILES string of the molecule is CCCCCCC/C=C\C/C=C\CCCCCCCCCCCCCCCCCCCC(=O)OCC(COC(=O)CCCCCCCCCCCCCCCCCC)OC(=O)CCCCCCCCCCCCCCCCCCCCCC. The van der Waals surface area contributed by atoms with Gasteiger partial charge in [-0.05, 0) is 51.4 Å². The molecule has 0 aliphatic carbocycles. The van der Waals surface area contributed by atoms with E-state index in [9.17, 15) is 14.4 Å². The molecule has 0 aromatic heterocycles. The van der Waals surface area contributed by atoms with Crippen LogP contribution in [0.3, 0.4) is 0 Å². The second kappa shape index (κ2) is 72.4. The molecule has 490 valence electrons. The maximum absolute atomic E-state index is 13.0. The Kier molecular flexibility index (Phi) is 70.5. The Balaban J connectivity index is 4.21. The molecule has 0 fully saturated rings. The lowest BCUT2D eigenvalue weighted by Crippen LogP contribution is -2.30. The second-order valence-electron chi connectivity index (χ2n) is 25.9. The molecule has 1 atom stereocenters. The number of carbonyl (C=O) groups is 3. The summed E-state index contributed by atoms with van der Waals surface area (Å²) in [7, 11) is 0. The molecular weight excluding hydrogens is 1020 g/mol. The molecule has 0 aromatic rings. The van der Waals surface area contributed by atoms with Crippen LogP contribution < -0.4 is 0 Å². The highest BCUT2D eigenvalue weighted by Crippen LogP contribution is 2.19. The summed E-state index contributed by atoms with van der Waals surface area (Å²) in [4.78, 5) is 38.5. The zero-order valence-electron chi connectivity index (χ0n) is 56.5. The first kappa shape index (κ1) is 80.9. The molecule has 0 radical (unpaired) electrons. The third kappa shape index (κ3) is 70.5. The summed E-state index contributed by atoms with van der Waals surface area (Å²) in [5.41, 5.74) is 0. The van der Waals surface area contributed by atoms with E-state index in [-0.39, 0.29) is 31.1 Å². The van der Waals surface area contributed by atoms with E-state index < -0.39 is 6.10 Å². The average molecular weight is 1170 g/mol. The van der Waals surface area contributed by atoms with E-state index in [1.54, 1.807) is 0 Å². The molecule has 0 rings (SSSR count). The molecule has 83 heavy (non-hydrogen) atoms. The summed E-state index contributed by atoms with van der Waals surface area (Å²) in [5, 5.41) is 0. The Bertz CT molecular complexity index is 1340. The van der Waals surface area contributed by atoms with E-state index in [1.807, 2.05) is 0 Å². The smallest absolute Gasteiger partial charge is 0.306 e. The van der Waals surface area contributed by atoms with Crippen LogP contribution in [0.4, 0.5) is 0 Å². The average Bonchev–Trinajstić information content (AvgIpc) is 3.50. The minimum Gasteiger partial charge on any atom is -0.462 e. The standard InChI is InChI=1S/C77H146O6/c1-4-7-10-13-16-19-22-25-28-31-33-35-36-37-38-39-40-41-42-43-45-46-49-52-55-58-61-64-67-70-76(79)82-73-74(72-81-75(78)69-66-63-60-57-54-51-48-30-27-24-21-18-15-12-9-6-3)83-77(80)71-68-65-62-59-56-53-50-47-44-34-32-29-26-23-20-17-14-11-8-5-2/h22,25,31,33,74H,4-21,23-24,26-30,32,34-73H2,1-3H3/b25-22-,33-31-. The quantitative estimate of drug-likeness (QED) is 0.0261. The van der Waals surface area contributed by atoms with Crippen LogP contribution in [-0.2, 0) is 28.6 Å². The van der Waals surface area contributed by atoms with Gasteiger partial charge in [0.05, 0.1) is 0 Å². The van der Waals surface area contributed by atoms with E-state index in [4.69, 9.17) is 14.2 Å². The van der Waals surface area contributed by atoms with Crippen LogP contribution in [0.15, 0.2) is 24.3 Å². The topological polar surface area (TPSA) is 78.9 Å². The molecule has 6 heteroatoms. The summed E-state index contributed by atoms with van der Waals surface area (Å²) in [6.07, 6.45) is 89.3. The van der Waals surface area contributed by atoms with E-state index in [0.29, 0.717) is 19.3 Å². The summed E-state index contributed by atoms with van der Waals surface area (Å²) in [6, 6.07) is 0. The van der Waals surface area contributed by atoms with Gasteiger partial charge in [-0.15, -0.1) is 0 Å². The summed E-state index contributed by atoms with van der Waals surface area (Å²) in [5.74, 6) is -0.823. The van der Waals surface area contributed by atoms with Crippen LogP contribution in [0.25, 0.3) is 0 Å². The van der Waals surface area contributed by atoms with Gasteiger partial charge in [0, 0.05) is 19.3 Å². The van der Waals surface area contributed by atoms with Crippen LogP contribution >= 0.6 is 0 Å². The van der Waals surface area contributed by atoms with Gasteiger partial charge < -0.3 is 14.2 Å². The van der Waals surface area contributed by atoms with Gasteiger partial charge in [-0.2, -0.15) is 0 Å². The zero-order chi connectivity index (χ0) is 59.9. The van der Waals surface area contributed by atoms with Gasteiger partial charge >= 0.3 is 17.9 Å². The molecule has 0 spiro atoms. The molecular formula is C77H146O6. The van der Waals surface area contributed by atoms with Crippen molar-refractivity contribution in [3.63, 3.8) is 0 Å². The maximum Gasteiger partial charge on any atom is 0.306 e. The summed E-state index contributed by atoms with van der Waals surface area (Å²) < 4.78 is 17.0. The van der Waals surface area contributed by atoms with Crippen LogP contribution in [0, 0.1) is 0 Å². The predicted molar refractivity (Wildman–Crippen MR) is 363 cm³/mol. The minimum absolute atomic E-state index is 0.0627. The Morgan fingerprint density at radius 2 is 0.434 bits per heavy atom. The van der Waals surface area contributed by atoms with E-state index in [2.05, 4.69) is 45.1 Å². The Hall–Kier alpha value is -2.11. The van der Waals surface area contributed by atoms with Crippen molar-refractivity contribution in [3.05, 3.63) is 24.3 Å². The van der Waals surface area contributed by atoms with Gasteiger partial charge in [-0.1, -0.05) is 385 Å². The first-order valence-electron chi connectivity index (χ1n) is 37.8. The lowest BCUT2D eigenvalue weighted by atomic mass is 10.0. The number of hydrogen-bond acceptors (Lipinski definition) is 6. The Morgan fingerprint density at radius 1 is 0.241 bits per heavy atom. The minimum atomic E-state index is -0.767. The predicted octanol–water partition coefficient (Wildman–Crippen LogP) is 26.1. The second-order valence-corrected chi connectivity index (χ2v) is 25.9. The van der Waals surface area contributed by atoms with Gasteiger partial charge in [-0.3, -0.25) is 14.4 Å². The fourth-order valence-corrected chi connectivity index (χ4v) is 11.8.